The van der Waals surface area contributed by atoms with Gasteiger partial charge in [0.05, 0.1) is 0 Å². The van der Waals surface area contributed by atoms with Crippen LogP contribution in [0.2, 0.25) is 0 Å². The zero-order chi connectivity index (χ0) is 12.3. The zero-order valence-corrected chi connectivity index (χ0v) is 10.7. The van der Waals surface area contributed by atoms with Crippen molar-refractivity contribution in [2.45, 2.75) is 29.8 Å². The number of aromatic nitrogens is 2. The maximum Gasteiger partial charge on any atom is 0.194 e. The van der Waals surface area contributed by atoms with E-state index in [9.17, 15) is 0 Å². The average Bonchev–Trinajstić information content (AvgIpc) is 2.29. The molecule has 0 aliphatic carbocycles. The molecular formula is C13H15N3S. The molecule has 4 heteroatoms. The maximum absolute atomic E-state index is 5.61. The summed E-state index contributed by atoms with van der Waals surface area (Å²) in [5, 5.41) is 0.683. The summed E-state index contributed by atoms with van der Waals surface area (Å²) in [6, 6.07) is 10.1. The predicted molar refractivity (Wildman–Crippen MR) is 71.1 cm³/mol. The molecule has 0 fully saturated rings. The first-order valence-corrected chi connectivity index (χ1v) is 6.33. The highest BCUT2D eigenvalue weighted by molar-refractivity contribution is 7.99. The first-order valence-electron chi connectivity index (χ1n) is 5.51. The van der Waals surface area contributed by atoms with Gasteiger partial charge in [-0.15, -0.1) is 0 Å². The van der Waals surface area contributed by atoms with Crippen LogP contribution in [-0.2, 0) is 0 Å². The van der Waals surface area contributed by atoms with Gasteiger partial charge in [0.15, 0.2) is 5.16 Å². The minimum Gasteiger partial charge on any atom is -0.384 e. The summed E-state index contributed by atoms with van der Waals surface area (Å²) >= 11 is 1.52. The summed E-state index contributed by atoms with van der Waals surface area (Å²) in [6.07, 6.45) is 1.67. The number of hydrogen-bond acceptors (Lipinski definition) is 4. The zero-order valence-electron chi connectivity index (χ0n) is 9.92. The van der Waals surface area contributed by atoms with Crippen molar-refractivity contribution in [1.29, 1.82) is 0 Å². The molecule has 17 heavy (non-hydrogen) atoms. The normalized spacial score (nSPS) is 10.8. The van der Waals surface area contributed by atoms with Gasteiger partial charge in [-0.1, -0.05) is 26.0 Å². The van der Waals surface area contributed by atoms with Crippen molar-refractivity contribution < 1.29 is 0 Å². The molecule has 0 unspecified atom stereocenters. The third-order valence-corrected chi connectivity index (χ3v) is 3.30. The lowest BCUT2D eigenvalue weighted by molar-refractivity contribution is 0.864. The quantitative estimate of drug-likeness (QED) is 0.843. The van der Waals surface area contributed by atoms with E-state index in [2.05, 4.69) is 48.1 Å². The lowest BCUT2D eigenvalue weighted by Gasteiger charge is -2.06. The number of benzene rings is 1. The molecule has 2 N–H and O–H groups in total. The topological polar surface area (TPSA) is 51.8 Å². The van der Waals surface area contributed by atoms with E-state index in [1.165, 1.54) is 17.3 Å². The van der Waals surface area contributed by atoms with Crippen LogP contribution in [0.25, 0.3) is 0 Å². The SMILES string of the molecule is CC(C)c1ccc(Sc2nccc(N)n2)cc1. The first kappa shape index (κ1) is 11.9. The van der Waals surface area contributed by atoms with Crippen molar-refractivity contribution in [3.8, 4) is 0 Å². The second kappa shape index (κ2) is 5.19. The highest BCUT2D eigenvalue weighted by Gasteiger charge is 2.02. The van der Waals surface area contributed by atoms with E-state index in [0.29, 0.717) is 16.9 Å². The van der Waals surface area contributed by atoms with Gasteiger partial charge in [-0.3, -0.25) is 0 Å². The van der Waals surface area contributed by atoms with E-state index < -0.39 is 0 Å². The third kappa shape index (κ3) is 3.20. The number of nitrogens with two attached hydrogens (primary N) is 1. The molecule has 0 aliphatic rings. The molecular weight excluding hydrogens is 230 g/mol. The van der Waals surface area contributed by atoms with Gasteiger partial charge in [0, 0.05) is 11.1 Å². The van der Waals surface area contributed by atoms with Gasteiger partial charge in [0.25, 0.3) is 0 Å². The molecule has 0 radical (unpaired) electrons. The predicted octanol–water partition coefficient (Wildman–Crippen LogP) is 3.33. The molecule has 2 aromatic rings. The average molecular weight is 245 g/mol. The Morgan fingerprint density at radius 3 is 2.41 bits per heavy atom. The van der Waals surface area contributed by atoms with Crippen LogP contribution < -0.4 is 5.73 Å². The Morgan fingerprint density at radius 2 is 1.82 bits per heavy atom. The Morgan fingerprint density at radius 1 is 1.12 bits per heavy atom. The maximum atomic E-state index is 5.61. The molecule has 0 saturated heterocycles. The van der Waals surface area contributed by atoms with Crippen LogP contribution >= 0.6 is 11.8 Å². The summed E-state index contributed by atoms with van der Waals surface area (Å²) < 4.78 is 0. The van der Waals surface area contributed by atoms with E-state index in [4.69, 9.17) is 5.73 Å². The molecule has 0 saturated carbocycles. The van der Waals surface area contributed by atoms with Gasteiger partial charge in [0.1, 0.15) is 5.82 Å². The summed E-state index contributed by atoms with van der Waals surface area (Å²) in [5.74, 6) is 1.05. The van der Waals surface area contributed by atoms with Crippen molar-refractivity contribution in [3.63, 3.8) is 0 Å². The second-order valence-corrected chi connectivity index (χ2v) is 5.13. The number of nitrogens with zero attached hydrogens (tertiary/aromatic N) is 2. The summed E-state index contributed by atoms with van der Waals surface area (Å²) in [6.45, 7) is 4.37. The van der Waals surface area contributed by atoms with Gasteiger partial charge in [-0.05, 0) is 41.4 Å². The van der Waals surface area contributed by atoms with Crippen LogP contribution in [0, 0.1) is 0 Å². The lowest BCUT2D eigenvalue weighted by Crippen LogP contribution is -1.93. The Kier molecular flexibility index (Phi) is 3.64. The monoisotopic (exact) mass is 245 g/mol. The van der Waals surface area contributed by atoms with Crippen LogP contribution in [-0.4, -0.2) is 9.97 Å². The fraction of sp³-hybridized carbons (Fsp3) is 0.231. The Balaban J connectivity index is 2.14. The second-order valence-electron chi connectivity index (χ2n) is 4.09. The highest BCUT2D eigenvalue weighted by Crippen LogP contribution is 2.26. The van der Waals surface area contributed by atoms with Gasteiger partial charge < -0.3 is 5.73 Å². The molecule has 0 spiro atoms. The third-order valence-electron chi connectivity index (χ3n) is 2.41. The van der Waals surface area contributed by atoms with Crippen molar-refractivity contribution in [1.82, 2.24) is 9.97 Å². The van der Waals surface area contributed by atoms with E-state index in [1.54, 1.807) is 12.3 Å². The standard InChI is InChI=1S/C13H15N3S/c1-9(2)10-3-5-11(6-4-10)17-13-15-8-7-12(14)16-13/h3-9H,1-2H3,(H2,14,15,16). The number of anilines is 1. The molecule has 1 aromatic carbocycles. The Hall–Kier alpha value is -1.55. The fourth-order valence-electron chi connectivity index (χ4n) is 1.43. The first-order chi connectivity index (χ1) is 8.15. The fourth-order valence-corrected chi connectivity index (χ4v) is 2.18. The van der Waals surface area contributed by atoms with Gasteiger partial charge in [-0.25, -0.2) is 9.97 Å². The van der Waals surface area contributed by atoms with Crippen LogP contribution in [0.4, 0.5) is 5.82 Å². The molecule has 2 rings (SSSR count). The van der Waals surface area contributed by atoms with Crippen molar-refractivity contribution in [2.75, 3.05) is 5.73 Å². The molecule has 3 nitrogen and oxygen atoms in total. The summed E-state index contributed by atoms with van der Waals surface area (Å²) in [7, 11) is 0. The van der Waals surface area contributed by atoms with Crippen molar-refractivity contribution in [3.05, 3.63) is 42.1 Å². The molecule has 88 valence electrons. The molecule has 0 bridgehead atoms. The van der Waals surface area contributed by atoms with Gasteiger partial charge in [0.2, 0.25) is 0 Å². The summed E-state index contributed by atoms with van der Waals surface area (Å²) in [4.78, 5) is 9.44. The highest BCUT2D eigenvalue weighted by atomic mass is 32.2. The number of rotatable bonds is 3. The van der Waals surface area contributed by atoms with Crippen LogP contribution in [0.5, 0.6) is 0 Å². The van der Waals surface area contributed by atoms with Gasteiger partial charge >= 0.3 is 0 Å². The largest absolute Gasteiger partial charge is 0.384 e. The van der Waals surface area contributed by atoms with E-state index in [-0.39, 0.29) is 0 Å². The van der Waals surface area contributed by atoms with Gasteiger partial charge in [-0.2, -0.15) is 0 Å². The number of hydrogen-bond donors (Lipinski definition) is 1. The molecule has 0 aliphatic heterocycles. The van der Waals surface area contributed by atoms with Crippen LogP contribution in [0.1, 0.15) is 25.3 Å². The molecule has 1 heterocycles. The molecule has 1 aromatic heterocycles. The Bertz CT molecular complexity index is 494. The van der Waals surface area contributed by atoms with E-state index >= 15 is 0 Å². The minimum absolute atomic E-state index is 0.501. The van der Waals surface area contributed by atoms with E-state index in [1.807, 2.05) is 0 Å². The van der Waals surface area contributed by atoms with Crippen molar-refractivity contribution >= 4 is 17.6 Å². The van der Waals surface area contributed by atoms with Crippen molar-refractivity contribution in [2.24, 2.45) is 0 Å². The minimum atomic E-state index is 0.501. The Labute approximate surface area is 105 Å². The van der Waals surface area contributed by atoms with E-state index in [0.717, 1.165) is 4.90 Å². The molecule has 0 atom stereocenters. The lowest BCUT2D eigenvalue weighted by atomic mass is 10.0. The smallest absolute Gasteiger partial charge is 0.194 e. The summed E-state index contributed by atoms with van der Waals surface area (Å²) in [5.41, 5.74) is 6.95. The van der Waals surface area contributed by atoms with Crippen LogP contribution in [0.3, 0.4) is 0 Å². The molecule has 0 amide bonds. The number of nitrogen functional groups attached to an aromatic ring is 1. The van der Waals surface area contributed by atoms with Crippen LogP contribution in [0.15, 0.2) is 46.6 Å².